The fraction of sp³-hybridized carbons (Fsp3) is 0.400. The number of amides is 3. The molecule has 34 heavy (non-hydrogen) atoms. The monoisotopic (exact) mass is 509 g/mol. The number of β-lactam (4-membered cyclic amide) rings is 1. The van der Waals surface area contributed by atoms with Crippen LogP contribution in [0.1, 0.15) is 19.3 Å². The SMILES string of the molecule is NC(CCCC(=O)NC1(NC=O)C(=O)N2C(C(=O)O)=C(CSc3ccncc3)CS[C@H]21)C(=O)O. The molecule has 0 aliphatic carbocycles. The number of hydrogen-bond donors (Lipinski definition) is 5. The lowest BCUT2D eigenvalue weighted by atomic mass is 9.94. The molecule has 1 saturated heterocycles. The third-order valence-corrected chi connectivity index (χ3v) is 7.77. The maximum atomic E-state index is 13.1. The first kappa shape index (κ1) is 25.5. The van der Waals surface area contributed by atoms with Gasteiger partial charge in [0.25, 0.3) is 5.91 Å². The first-order valence-electron chi connectivity index (χ1n) is 10.2. The molecule has 2 aliphatic heterocycles. The number of hydrogen-bond acceptors (Lipinski definition) is 9. The Morgan fingerprint density at radius 1 is 1.35 bits per heavy atom. The molecular formula is C20H23N5O7S2. The quantitative estimate of drug-likeness (QED) is 0.106. The van der Waals surface area contributed by atoms with Crippen LogP contribution in [0.4, 0.5) is 0 Å². The van der Waals surface area contributed by atoms with E-state index in [4.69, 9.17) is 10.8 Å². The lowest BCUT2D eigenvalue weighted by molar-refractivity contribution is -0.162. The van der Waals surface area contributed by atoms with Gasteiger partial charge in [-0.1, -0.05) is 0 Å². The molecule has 0 radical (unpaired) electrons. The Morgan fingerprint density at radius 2 is 2.06 bits per heavy atom. The van der Waals surface area contributed by atoms with Crippen LogP contribution < -0.4 is 16.4 Å². The highest BCUT2D eigenvalue weighted by Crippen LogP contribution is 2.45. The van der Waals surface area contributed by atoms with Gasteiger partial charge < -0.3 is 26.6 Å². The van der Waals surface area contributed by atoms with Gasteiger partial charge in [-0.05, 0) is 30.5 Å². The Balaban J connectivity index is 1.73. The van der Waals surface area contributed by atoms with Crippen LogP contribution in [0.3, 0.4) is 0 Å². The van der Waals surface area contributed by atoms with Gasteiger partial charge >= 0.3 is 11.9 Å². The fourth-order valence-corrected chi connectivity index (χ4v) is 6.05. The summed E-state index contributed by atoms with van der Waals surface area (Å²) in [5.74, 6) is -3.22. The van der Waals surface area contributed by atoms with Crippen LogP contribution in [0.5, 0.6) is 0 Å². The number of rotatable bonds is 12. The number of thioether (sulfide) groups is 2. The number of carbonyl (C=O) groups excluding carboxylic acids is 3. The Kier molecular flexibility index (Phi) is 8.17. The molecule has 2 aliphatic rings. The van der Waals surface area contributed by atoms with Gasteiger partial charge in [0, 0.05) is 35.2 Å². The van der Waals surface area contributed by atoms with Crippen molar-refractivity contribution < 1.29 is 34.2 Å². The third-order valence-electron chi connectivity index (χ3n) is 5.28. The molecule has 6 N–H and O–H groups in total. The Bertz CT molecular complexity index is 1020. The zero-order chi connectivity index (χ0) is 24.9. The number of aliphatic carboxylic acids is 2. The summed E-state index contributed by atoms with van der Waals surface area (Å²) in [6, 6.07) is 2.46. The summed E-state index contributed by atoms with van der Waals surface area (Å²) >= 11 is 2.63. The topological polar surface area (TPSA) is 192 Å². The molecule has 2 unspecified atom stereocenters. The molecule has 3 rings (SSSR count). The van der Waals surface area contributed by atoms with E-state index in [0.717, 1.165) is 9.80 Å². The van der Waals surface area contributed by atoms with Crippen LogP contribution in [0.2, 0.25) is 0 Å². The third kappa shape index (κ3) is 5.18. The van der Waals surface area contributed by atoms with E-state index in [2.05, 4.69) is 15.6 Å². The van der Waals surface area contributed by atoms with Crippen molar-refractivity contribution in [3.63, 3.8) is 0 Å². The van der Waals surface area contributed by atoms with Crippen molar-refractivity contribution in [2.24, 2.45) is 5.73 Å². The molecular weight excluding hydrogens is 486 g/mol. The second kappa shape index (κ2) is 10.9. The number of nitrogens with zero attached hydrogens (tertiary/aromatic N) is 2. The smallest absolute Gasteiger partial charge is 0.352 e. The largest absolute Gasteiger partial charge is 0.480 e. The van der Waals surface area contributed by atoms with Gasteiger partial charge in [-0.25, -0.2) is 4.79 Å². The Hall–Kier alpha value is -3.10. The van der Waals surface area contributed by atoms with Crippen LogP contribution in [0.25, 0.3) is 0 Å². The molecule has 0 spiro atoms. The fourth-order valence-electron chi connectivity index (χ4n) is 3.60. The van der Waals surface area contributed by atoms with Gasteiger partial charge in [-0.2, -0.15) is 0 Å². The number of nitrogens with two attached hydrogens (primary N) is 1. The summed E-state index contributed by atoms with van der Waals surface area (Å²) in [7, 11) is 0. The lowest BCUT2D eigenvalue weighted by Crippen LogP contribution is -2.85. The van der Waals surface area contributed by atoms with Gasteiger partial charge in [0.2, 0.25) is 18.0 Å². The van der Waals surface area contributed by atoms with Gasteiger partial charge in [0.1, 0.15) is 17.1 Å². The van der Waals surface area contributed by atoms with E-state index in [1.54, 1.807) is 24.5 Å². The maximum absolute atomic E-state index is 13.1. The minimum atomic E-state index is -1.79. The van der Waals surface area contributed by atoms with E-state index >= 15 is 0 Å². The van der Waals surface area contributed by atoms with Crippen molar-refractivity contribution in [1.29, 1.82) is 0 Å². The second-order valence-electron chi connectivity index (χ2n) is 7.52. The predicted octanol–water partition coefficient (Wildman–Crippen LogP) is -0.432. The summed E-state index contributed by atoms with van der Waals surface area (Å²) in [6.45, 7) is 0. The van der Waals surface area contributed by atoms with Crippen molar-refractivity contribution >= 4 is 53.7 Å². The zero-order valence-electron chi connectivity index (χ0n) is 17.8. The standard InChI is InChI=1S/C20H23N5O7S2/c21-13(16(28)29)2-1-3-14(27)24-20(23-10-26)18(32)25-15(17(30)31)11(9-34-19(20)25)8-33-12-4-6-22-7-5-12/h4-7,10,13,19H,1-3,8-9,21H2,(H,23,26)(H,24,27)(H,28,29)(H,30,31)/t13?,19-,20?/m0/s1. The first-order chi connectivity index (χ1) is 16.2. The molecule has 0 aromatic carbocycles. The second-order valence-corrected chi connectivity index (χ2v) is 9.64. The van der Waals surface area contributed by atoms with E-state index in [9.17, 15) is 29.1 Å². The highest BCUT2D eigenvalue weighted by molar-refractivity contribution is 8.01. The zero-order valence-corrected chi connectivity index (χ0v) is 19.4. The molecule has 3 heterocycles. The Labute approximate surface area is 202 Å². The highest BCUT2D eigenvalue weighted by atomic mass is 32.2. The molecule has 0 bridgehead atoms. The lowest BCUT2D eigenvalue weighted by Gasteiger charge is -2.56. The highest BCUT2D eigenvalue weighted by Gasteiger charge is 2.65. The van der Waals surface area contributed by atoms with Gasteiger partial charge in [0.05, 0.1) is 0 Å². The van der Waals surface area contributed by atoms with E-state index < -0.39 is 40.8 Å². The van der Waals surface area contributed by atoms with Crippen LogP contribution in [-0.4, -0.2) is 78.8 Å². The average molecular weight is 510 g/mol. The predicted molar refractivity (Wildman–Crippen MR) is 122 cm³/mol. The van der Waals surface area contributed by atoms with Crippen molar-refractivity contribution in [3.05, 3.63) is 35.8 Å². The number of fused-ring (bicyclic) bond motifs is 1. The minimum Gasteiger partial charge on any atom is -0.480 e. The summed E-state index contributed by atoms with van der Waals surface area (Å²) in [6.07, 6.45) is 3.61. The number of aromatic nitrogens is 1. The molecule has 1 aromatic heterocycles. The number of pyridine rings is 1. The summed E-state index contributed by atoms with van der Waals surface area (Å²) in [5, 5.41) is 22.7. The van der Waals surface area contributed by atoms with E-state index in [1.165, 1.54) is 23.5 Å². The van der Waals surface area contributed by atoms with Crippen molar-refractivity contribution in [1.82, 2.24) is 20.5 Å². The minimum absolute atomic E-state index is 0.0551. The first-order valence-corrected chi connectivity index (χ1v) is 12.2. The van der Waals surface area contributed by atoms with Crippen molar-refractivity contribution in [3.8, 4) is 0 Å². The van der Waals surface area contributed by atoms with Crippen LogP contribution in [0, 0.1) is 0 Å². The normalized spacial score (nSPS) is 22.3. The molecule has 12 nitrogen and oxygen atoms in total. The number of nitrogens with one attached hydrogen (secondary N) is 2. The van der Waals surface area contributed by atoms with Gasteiger partial charge in [-0.3, -0.25) is 29.1 Å². The number of carbonyl (C=O) groups is 5. The van der Waals surface area contributed by atoms with Crippen molar-refractivity contribution in [2.45, 2.75) is 41.2 Å². The van der Waals surface area contributed by atoms with E-state index in [0.29, 0.717) is 11.3 Å². The summed E-state index contributed by atoms with van der Waals surface area (Å²) in [4.78, 5) is 65.6. The summed E-state index contributed by atoms with van der Waals surface area (Å²) < 4.78 is 0. The number of carboxylic acids is 2. The number of carboxylic acid groups (broad SMARTS) is 2. The molecule has 1 aromatic rings. The van der Waals surface area contributed by atoms with E-state index in [1.807, 2.05) is 0 Å². The average Bonchev–Trinajstić information content (AvgIpc) is 2.81. The molecule has 3 amide bonds. The molecule has 1 fully saturated rings. The van der Waals surface area contributed by atoms with E-state index in [-0.39, 0.29) is 37.1 Å². The van der Waals surface area contributed by atoms with Crippen LogP contribution >= 0.6 is 23.5 Å². The van der Waals surface area contributed by atoms with Crippen LogP contribution in [0.15, 0.2) is 40.7 Å². The molecule has 14 heteroatoms. The Morgan fingerprint density at radius 3 is 2.68 bits per heavy atom. The van der Waals surface area contributed by atoms with Crippen LogP contribution in [-0.2, 0) is 24.0 Å². The van der Waals surface area contributed by atoms with Crippen molar-refractivity contribution in [2.75, 3.05) is 11.5 Å². The molecule has 182 valence electrons. The molecule has 0 saturated carbocycles. The maximum Gasteiger partial charge on any atom is 0.352 e. The molecule has 3 atom stereocenters. The van der Waals surface area contributed by atoms with Gasteiger partial charge in [-0.15, -0.1) is 23.5 Å². The summed E-state index contributed by atoms with van der Waals surface area (Å²) in [5.41, 5.74) is 4.01. The van der Waals surface area contributed by atoms with Gasteiger partial charge in [0.15, 0.2) is 0 Å².